The lowest BCUT2D eigenvalue weighted by Crippen LogP contribution is -2.20. The van der Waals surface area contributed by atoms with Crippen molar-refractivity contribution in [3.05, 3.63) is 17.5 Å². The third-order valence-electron chi connectivity index (χ3n) is 2.78. The van der Waals surface area contributed by atoms with Gasteiger partial charge in [0.05, 0.1) is 12.2 Å². The third-order valence-corrected chi connectivity index (χ3v) is 2.78. The molecule has 19 heavy (non-hydrogen) atoms. The number of aromatic nitrogens is 1. The molecular weight excluding hydrogens is 242 g/mol. The van der Waals surface area contributed by atoms with E-state index in [9.17, 15) is 0 Å². The largest absolute Gasteiger partial charge is 0.385 e. The number of hydrogen-bond donors (Lipinski definition) is 1. The van der Waals surface area contributed by atoms with Gasteiger partial charge in [0, 0.05) is 32.9 Å². The molecule has 0 unspecified atom stereocenters. The first-order valence-corrected chi connectivity index (χ1v) is 6.94. The molecule has 0 atom stereocenters. The van der Waals surface area contributed by atoms with E-state index in [0.29, 0.717) is 5.92 Å². The SMILES string of the molecule is COCCCN(C)Cc1cc(CNCC(C)C)no1. The van der Waals surface area contributed by atoms with Gasteiger partial charge in [-0.1, -0.05) is 19.0 Å². The van der Waals surface area contributed by atoms with Crippen molar-refractivity contribution in [3.63, 3.8) is 0 Å². The molecule has 0 spiro atoms. The Morgan fingerprint density at radius 3 is 2.95 bits per heavy atom. The van der Waals surface area contributed by atoms with E-state index in [0.717, 1.165) is 50.7 Å². The van der Waals surface area contributed by atoms with E-state index >= 15 is 0 Å². The molecule has 1 aromatic rings. The Morgan fingerprint density at radius 1 is 1.47 bits per heavy atom. The van der Waals surface area contributed by atoms with E-state index in [1.54, 1.807) is 7.11 Å². The third kappa shape index (κ3) is 7.30. The van der Waals surface area contributed by atoms with Crippen molar-refractivity contribution in [1.29, 1.82) is 0 Å². The summed E-state index contributed by atoms with van der Waals surface area (Å²) in [5.41, 5.74) is 0.973. The lowest BCUT2D eigenvalue weighted by atomic mass is 10.2. The van der Waals surface area contributed by atoms with Crippen LogP contribution in [0.4, 0.5) is 0 Å². The van der Waals surface area contributed by atoms with Gasteiger partial charge in [0.15, 0.2) is 5.76 Å². The number of ether oxygens (including phenoxy) is 1. The number of methoxy groups -OCH3 is 1. The Bertz CT molecular complexity index is 339. The molecule has 0 radical (unpaired) electrons. The molecule has 0 bridgehead atoms. The second kappa shape index (κ2) is 9.07. The summed E-state index contributed by atoms with van der Waals surface area (Å²) < 4.78 is 10.4. The molecule has 1 N–H and O–H groups in total. The number of nitrogens with zero attached hydrogens (tertiary/aromatic N) is 2. The lowest BCUT2D eigenvalue weighted by Gasteiger charge is -2.13. The highest BCUT2D eigenvalue weighted by atomic mass is 16.5. The second-order valence-electron chi connectivity index (χ2n) is 5.39. The summed E-state index contributed by atoms with van der Waals surface area (Å²) in [7, 11) is 3.81. The summed E-state index contributed by atoms with van der Waals surface area (Å²) in [5, 5.41) is 7.43. The summed E-state index contributed by atoms with van der Waals surface area (Å²) in [6.45, 7) is 8.74. The fourth-order valence-corrected chi connectivity index (χ4v) is 1.83. The van der Waals surface area contributed by atoms with Crippen LogP contribution in [0.3, 0.4) is 0 Å². The maximum absolute atomic E-state index is 5.34. The van der Waals surface area contributed by atoms with Gasteiger partial charge >= 0.3 is 0 Å². The van der Waals surface area contributed by atoms with Crippen LogP contribution in [0.1, 0.15) is 31.7 Å². The molecule has 0 amide bonds. The summed E-state index contributed by atoms with van der Waals surface area (Å²) >= 11 is 0. The van der Waals surface area contributed by atoms with Crippen molar-refractivity contribution < 1.29 is 9.26 Å². The van der Waals surface area contributed by atoms with E-state index < -0.39 is 0 Å². The van der Waals surface area contributed by atoms with Crippen molar-refractivity contribution in [2.24, 2.45) is 5.92 Å². The Kier molecular flexibility index (Phi) is 7.70. The molecule has 5 nitrogen and oxygen atoms in total. The zero-order chi connectivity index (χ0) is 14.1. The summed E-state index contributed by atoms with van der Waals surface area (Å²) in [4.78, 5) is 2.21. The first-order valence-electron chi connectivity index (χ1n) is 6.94. The fraction of sp³-hybridized carbons (Fsp3) is 0.786. The van der Waals surface area contributed by atoms with Crippen LogP contribution in [-0.2, 0) is 17.8 Å². The summed E-state index contributed by atoms with van der Waals surface area (Å²) in [5.74, 6) is 1.57. The predicted octanol–water partition coefficient (Wildman–Crippen LogP) is 1.89. The molecule has 1 heterocycles. The van der Waals surface area contributed by atoms with E-state index in [2.05, 4.69) is 36.3 Å². The van der Waals surface area contributed by atoms with Gasteiger partial charge in [0.1, 0.15) is 0 Å². The Morgan fingerprint density at radius 2 is 2.26 bits per heavy atom. The van der Waals surface area contributed by atoms with Gasteiger partial charge in [0.25, 0.3) is 0 Å². The molecule has 0 aliphatic carbocycles. The Hall–Kier alpha value is -0.910. The zero-order valence-corrected chi connectivity index (χ0v) is 12.6. The highest BCUT2D eigenvalue weighted by Crippen LogP contribution is 2.07. The second-order valence-corrected chi connectivity index (χ2v) is 5.39. The molecule has 0 aliphatic rings. The first kappa shape index (κ1) is 16.1. The monoisotopic (exact) mass is 269 g/mol. The van der Waals surface area contributed by atoms with Gasteiger partial charge in [-0.3, -0.25) is 4.90 Å². The topological polar surface area (TPSA) is 50.5 Å². The Labute approximate surface area is 116 Å². The highest BCUT2D eigenvalue weighted by molar-refractivity contribution is 5.04. The molecule has 0 fully saturated rings. The molecule has 0 aliphatic heterocycles. The van der Waals surface area contributed by atoms with Crippen LogP contribution in [-0.4, -0.2) is 43.9 Å². The van der Waals surface area contributed by atoms with Gasteiger partial charge in [-0.2, -0.15) is 0 Å². The van der Waals surface area contributed by atoms with Crippen LogP contribution >= 0.6 is 0 Å². The van der Waals surface area contributed by atoms with E-state index in [-0.39, 0.29) is 0 Å². The van der Waals surface area contributed by atoms with Crippen LogP contribution in [0.2, 0.25) is 0 Å². The van der Waals surface area contributed by atoms with Crippen LogP contribution in [0, 0.1) is 5.92 Å². The van der Waals surface area contributed by atoms with E-state index in [1.165, 1.54) is 0 Å². The molecule has 0 saturated heterocycles. The van der Waals surface area contributed by atoms with Crippen molar-refractivity contribution >= 4 is 0 Å². The summed E-state index contributed by atoms with van der Waals surface area (Å²) in [6.07, 6.45) is 1.03. The maximum Gasteiger partial charge on any atom is 0.151 e. The van der Waals surface area contributed by atoms with Gasteiger partial charge in [-0.05, 0) is 25.9 Å². The molecule has 1 aromatic heterocycles. The Balaban J connectivity index is 2.25. The molecule has 5 heteroatoms. The number of nitrogens with one attached hydrogen (secondary N) is 1. The molecule has 0 saturated carbocycles. The van der Waals surface area contributed by atoms with Crippen molar-refractivity contribution in [3.8, 4) is 0 Å². The van der Waals surface area contributed by atoms with Crippen molar-refractivity contribution in [2.45, 2.75) is 33.4 Å². The van der Waals surface area contributed by atoms with E-state index in [1.807, 2.05) is 6.07 Å². The lowest BCUT2D eigenvalue weighted by molar-refractivity contribution is 0.174. The minimum absolute atomic E-state index is 0.651. The number of rotatable bonds is 10. The normalized spacial score (nSPS) is 11.7. The van der Waals surface area contributed by atoms with Gasteiger partial charge in [-0.15, -0.1) is 0 Å². The molecule has 110 valence electrons. The minimum atomic E-state index is 0.651. The number of hydrogen-bond acceptors (Lipinski definition) is 5. The standard InChI is InChI=1S/C14H27N3O2/c1-12(2)9-15-10-13-8-14(19-16-13)11-17(3)6-5-7-18-4/h8,12,15H,5-7,9-11H2,1-4H3. The molecule has 1 rings (SSSR count). The average Bonchev–Trinajstić information content (AvgIpc) is 2.76. The maximum atomic E-state index is 5.34. The first-order chi connectivity index (χ1) is 9.11. The van der Waals surface area contributed by atoms with Crippen LogP contribution in [0.5, 0.6) is 0 Å². The smallest absolute Gasteiger partial charge is 0.151 e. The molecule has 0 aromatic carbocycles. The molecular formula is C14H27N3O2. The van der Waals surface area contributed by atoms with E-state index in [4.69, 9.17) is 9.26 Å². The van der Waals surface area contributed by atoms with Crippen LogP contribution in [0.15, 0.2) is 10.6 Å². The fourth-order valence-electron chi connectivity index (χ4n) is 1.83. The highest BCUT2D eigenvalue weighted by Gasteiger charge is 2.07. The quantitative estimate of drug-likeness (QED) is 0.657. The summed E-state index contributed by atoms with van der Waals surface area (Å²) in [6, 6.07) is 2.03. The zero-order valence-electron chi connectivity index (χ0n) is 12.6. The van der Waals surface area contributed by atoms with Gasteiger partial charge in [0.2, 0.25) is 0 Å². The van der Waals surface area contributed by atoms with Crippen LogP contribution < -0.4 is 5.32 Å². The van der Waals surface area contributed by atoms with Crippen molar-refractivity contribution in [1.82, 2.24) is 15.4 Å². The average molecular weight is 269 g/mol. The van der Waals surface area contributed by atoms with Crippen LogP contribution in [0.25, 0.3) is 0 Å². The predicted molar refractivity (Wildman–Crippen MR) is 75.9 cm³/mol. The van der Waals surface area contributed by atoms with Gasteiger partial charge in [-0.25, -0.2) is 0 Å². The van der Waals surface area contributed by atoms with Crippen molar-refractivity contribution in [2.75, 3.05) is 33.9 Å². The van der Waals surface area contributed by atoms with Gasteiger partial charge < -0.3 is 14.6 Å². The minimum Gasteiger partial charge on any atom is -0.385 e.